The third kappa shape index (κ3) is 5.96. The van der Waals surface area contributed by atoms with Crippen molar-refractivity contribution in [2.45, 2.75) is 17.9 Å². The molecule has 0 aromatic heterocycles. The minimum atomic E-state index is -3.38. The van der Waals surface area contributed by atoms with Gasteiger partial charge in [0.05, 0.1) is 27.1 Å². The van der Waals surface area contributed by atoms with Crippen LogP contribution in [0.4, 0.5) is 0 Å². The molecule has 3 rings (SSSR count). The molecule has 1 aliphatic rings. The molecule has 0 N–H and O–H groups in total. The third-order valence-electron chi connectivity index (χ3n) is 4.94. The lowest BCUT2D eigenvalue weighted by Gasteiger charge is -2.22. The van der Waals surface area contributed by atoms with Crippen LogP contribution >= 0.6 is 24.0 Å². The molecule has 0 bridgehead atoms. The van der Waals surface area contributed by atoms with Crippen LogP contribution in [-0.4, -0.2) is 56.6 Å². The molecule has 0 radical (unpaired) electrons. The molecule has 0 spiro atoms. The standard InChI is InChI=1S/C21H22ClN3O3S.ClH/c1-29(27,28)18-6-7-19(20(22)13-18)21(26)25-9-3-8-24(10-11-25)15-17-5-2-4-16(12-17)14-23;/h2,4-7,12-13H,3,8-11,15H2,1H3;1H. The van der Waals surface area contributed by atoms with Gasteiger partial charge in [0.15, 0.2) is 9.84 Å². The van der Waals surface area contributed by atoms with Crippen LogP contribution in [0.3, 0.4) is 0 Å². The van der Waals surface area contributed by atoms with Gasteiger partial charge in [-0.1, -0.05) is 23.7 Å². The number of hydrogen-bond acceptors (Lipinski definition) is 5. The largest absolute Gasteiger partial charge is 0.337 e. The molecule has 0 saturated carbocycles. The number of halogens is 2. The maximum absolute atomic E-state index is 12.9. The summed E-state index contributed by atoms with van der Waals surface area (Å²) < 4.78 is 23.3. The number of sulfone groups is 1. The summed E-state index contributed by atoms with van der Waals surface area (Å²) in [7, 11) is -3.38. The lowest BCUT2D eigenvalue weighted by atomic mass is 10.1. The van der Waals surface area contributed by atoms with E-state index in [1.807, 2.05) is 18.2 Å². The number of hydrogen-bond donors (Lipinski definition) is 0. The third-order valence-corrected chi connectivity index (χ3v) is 6.36. The Morgan fingerprint density at radius 1 is 1.13 bits per heavy atom. The molecule has 1 amide bonds. The van der Waals surface area contributed by atoms with Gasteiger partial charge < -0.3 is 4.90 Å². The van der Waals surface area contributed by atoms with Crippen molar-refractivity contribution in [1.29, 1.82) is 5.26 Å². The van der Waals surface area contributed by atoms with Gasteiger partial charge in [0, 0.05) is 39.0 Å². The molecule has 160 valence electrons. The smallest absolute Gasteiger partial charge is 0.255 e. The van der Waals surface area contributed by atoms with Gasteiger partial charge in [0.1, 0.15) is 0 Å². The van der Waals surface area contributed by atoms with Crippen molar-refractivity contribution in [2.75, 3.05) is 32.4 Å². The van der Waals surface area contributed by atoms with Gasteiger partial charge in [-0.15, -0.1) is 12.4 Å². The second-order valence-electron chi connectivity index (χ2n) is 7.15. The average Bonchev–Trinajstić information content (AvgIpc) is 2.92. The van der Waals surface area contributed by atoms with E-state index in [0.29, 0.717) is 30.8 Å². The van der Waals surface area contributed by atoms with Gasteiger partial charge in [0.2, 0.25) is 0 Å². The average molecular weight is 468 g/mol. The predicted octanol–water partition coefficient (Wildman–Crippen LogP) is 3.39. The maximum atomic E-state index is 12.9. The topological polar surface area (TPSA) is 81.5 Å². The summed E-state index contributed by atoms with van der Waals surface area (Å²) in [5.41, 5.74) is 2.03. The van der Waals surface area contributed by atoms with E-state index in [-0.39, 0.29) is 28.2 Å². The van der Waals surface area contributed by atoms with Crippen LogP contribution in [0, 0.1) is 11.3 Å². The zero-order chi connectivity index (χ0) is 21.0. The second kappa shape index (κ2) is 10.3. The van der Waals surface area contributed by atoms with E-state index >= 15 is 0 Å². The van der Waals surface area contributed by atoms with Gasteiger partial charge >= 0.3 is 0 Å². The van der Waals surface area contributed by atoms with Crippen LogP contribution in [0.1, 0.15) is 27.9 Å². The quantitative estimate of drug-likeness (QED) is 0.687. The molecule has 1 fully saturated rings. The first-order valence-corrected chi connectivity index (χ1v) is 11.5. The highest BCUT2D eigenvalue weighted by molar-refractivity contribution is 7.90. The summed E-state index contributed by atoms with van der Waals surface area (Å²) in [6.45, 7) is 3.45. The first-order chi connectivity index (χ1) is 13.8. The highest BCUT2D eigenvalue weighted by Crippen LogP contribution is 2.23. The molecule has 2 aromatic rings. The van der Waals surface area contributed by atoms with E-state index < -0.39 is 9.84 Å². The van der Waals surface area contributed by atoms with E-state index in [4.69, 9.17) is 16.9 Å². The highest BCUT2D eigenvalue weighted by Gasteiger charge is 2.23. The first-order valence-electron chi connectivity index (χ1n) is 9.28. The van der Waals surface area contributed by atoms with Crippen molar-refractivity contribution in [3.63, 3.8) is 0 Å². The summed E-state index contributed by atoms with van der Waals surface area (Å²) in [4.78, 5) is 17.0. The zero-order valence-electron chi connectivity index (χ0n) is 16.5. The van der Waals surface area contributed by atoms with Gasteiger partial charge in [0.25, 0.3) is 5.91 Å². The highest BCUT2D eigenvalue weighted by atomic mass is 35.5. The zero-order valence-corrected chi connectivity index (χ0v) is 18.9. The van der Waals surface area contributed by atoms with E-state index in [0.717, 1.165) is 31.3 Å². The number of benzene rings is 2. The Labute approximate surface area is 188 Å². The molecule has 1 saturated heterocycles. The van der Waals surface area contributed by atoms with Crippen LogP contribution < -0.4 is 0 Å². The fourth-order valence-corrected chi connectivity index (χ4v) is 4.37. The molecule has 0 unspecified atom stereocenters. The molecule has 9 heteroatoms. The lowest BCUT2D eigenvalue weighted by Crippen LogP contribution is -2.35. The van der Waals surface area contributed by atoms with Crippen LogP contribution in [0.15, 0.2) is 47.4 Å². The maximum Gasteiger partial charge on any atom is 0.255 e. The Balaban J connectivity index is 0.00000320. The van der Waals surface area contributed by atoms with Crippen molar-refractivity contribution < 1.29 is 13.2 Å². The Morgan fingerprint density at radius 3 is 2.57 bits per heavy atom. The van der Waals surface area contributed by atoms with Gasteiger partial charge in [-0.25, -0.2) is 8.42 Å². The molecule has 6 nitrogen and oxygen atoms in total. The Morgan fingerprint density at radius 2 is 1.90 bits per heavy atom. The van der Waals surface area contributed by atoms with Crippen molar-refractivity contribution in [3.8, 4) is 6.07 Å². The number of nitriles is 1. The normalized spacial score (nSPS) is 15.0. The first kappa shape index (κ1) is 24.2. The van der Waals surface area contributed by atoms with Gasteiger partial charge in [-0.05, 0) is 42.3 Å². The Bertz CT molecular complexity index is 1070. The van der Waals surface area contributed by atoms with Crippen LogP contribution in [0.5, 0.6) is 0 Å². The fourth-order valence-electron chi connectivity index (χ4n) is 3.40. The Hall–Kier alpha value is -2.11. The Kier molecular flexibility index (Phi) is 8.27. The molecule has 1 heterocycles. The number of carbonyl (C=O) groups excluding carboxylic acids is 1. The summed E-state index contributed by atoms with van der Waals surface area (Å²) >= 11 is 6.21. The SMILES string of the molecule is CS(=O)(=O)c1ccc(C(=O)N2CCCN(Cc3cccc(C#N)c3)CC2)c(Cl)c1.Cl. The number of nitrogens with zero attached hydrogens (tertiary/aromatic N) is 3. The number of rotatable bonds is 4. The fraction of sp³-hybridized carbons (Fsp3) is 0.333. The summed E-state index contributed by atoms with van der Waals surface area (Å²) in [5, 5.41) is 9.19. The van der Waals surface area contributed by atoms with E-state index in [1.54, 1.807) is 11.0 Å². The molecule has 0 atom stereocenters. The minimum Gasteiger partial charge on any atom is -0.337 e. The molecular formula is C21H23Cl2N3O3S. The number of amides is 1. The van der Waals surface area contributed by atoms with Crippen LogP contribution in [0.25, 0.3) is 0 Å². The molecule has 1 aliphatic heterocycles. The van der Waals surface area contributed by atoms with Gasteiger partial charge in [-0.2, -0.15) is 5.26 Å². The van der Waals surface area contributed by atoms with Crippen molar-refractivity contribution in [3.05, 3.63) is 64.2 Å². The van der Waals surface area contributed by atoms with E-state index in [9.17, 15) is 13.2 Å². The molecular weight excluding hydrogens is 445 g/mol. The van der Waals surface area contributed by atoms with E-state index in [1.165, 1.54) is 18.2 Å². The monoisotopic (exact) mass is 467 g/mol. The van der Waals surface area contributed by atoms with Crippen molar-refractivity contribution in [1.82, 2.24) is 9.80 Å². The molecule has 2 aromatic carbocycles. The lowest BCUT2D eigenvalue weighted by molar-refractivity contribution is 0.0761. The number of carbonyl (C=O) groups is 1. The minimum absolute atomic E-state index is 0. The predicted molar refractivity (Wildman–Crippen MR) is 119 cm³/mol. The second-order valence-corrected chi connectivity index (χ2v) is 9.57. The van der Waals surface area contributed by atoms with Crippen molar-refractivity contribution in [2.24, 2.45) is 0 Å². The molecule has 0 aliphatic carbocycles. The summed E-state index contributed by atoms with van der Waals surface area (Å²) in [6.07, 6.45) is 1.93. The van der Waals surface area contributed by atoms with Crippen LogP contribution in [-0.2, 0) is 16.4 Å². The van der Waals surface area contributed by atoms with Crippen molar-refractivity contribution >= 4 is 39.8 Å². The summed E-state index contributed by atoms with van der Waals surface area (Å²) in [5.74, 6) is -0.191. The van der Waals surface area contributed by atoms with E-state index in [2.05, 4.69) is 11.0 Å². The van der Waals surface area contributed by atoms with Gasteiger partial charge in [-0.3, -0.25) is 9.69 Å². The van der Waals surface area contributed by atoms with Crippen LogP contribution in [0.2, 0.25) is 5.02 Å². The summed E-state index contributed by atoms with van der Waals surface area (Å²) in [6, 6.07) is 13.9. The molecule has 30 heavy (non-hydrogen) atoms.